The molecule has 0 amide bonds. The minimum absolute atomic E-state index is 0.0581. The van der Waals surface area contributed by atoms with Crippen LogP contribution >= 0.6 is 0 Å². The van der Waals surface area contributed by atoms with Crippen molar-refractivity contribution in [1.82, 2.24) is 0 Å². The highest BCUT2D eigenvalue weighted by Crippen LogP contribution is 2.44. The Labute approximate surface area is 323 Å². The molecule has 2 saturated carbocycles. The van der Waals surface area contributed by atoms with Crippen molar-refractivity contribution >= 4 is 0 Å². The number of methoxy groups -OCH3 is 2. The zero-order valence-corrected chi connectivity index (χ0v) is 31.5. The maximum atomic E-state index is 11.2. The van der Waals surface area contributed by atoms with E-state index in [0.29, 0.717) is 12.8 Å². The first-order valence-electron chi connectivity index (χ1n) is 19.3. The normalized spacial score (nSPS) is 54.4. The summed E-state index contributed by atoms with van der Waals surface area (Å²) < 4.78 is 51.8. The lowest BCUT2D eigenvalue weighted by Gasteiger charge is -2.50. The van der Waals surface area contributed by atoms with Crippen molar-refractivity contribution in [3.8, 4) is 0 Å². The molecule has 13 N–H and O–H groups in total. The zero-order valence-electron chi connectivity index (χ0n) is 31.5. The number of hydrogen-bond acceptors (Lipinski definition) is 20. The lowest BCUT2D eigenvalue weighted by molar-refractivity contribution is -0.371. The van der Waals surface area contributed by atoms with Gasteiger partial charge in [-0.2, -0.15) is 0 Å². The van der Waals surface area contributed by atoms with Crippen LogP contribution in [-0.4, -0.2) is 234 Å². The van der Waals surface area contributed by atoms with Crippen LogP contribution in [-0.2, 0) is 37.9 Å². The summed E-state index contributed by atoms with van der Waals surface area (Å²) in [5.74, 6) is -0.867. The van der Waals surface area contributed by atoms with Crippen molar-refractivity contribution in [3.05, 3.63) is 0 Å². The molecule has 6 aliphatic rings. The molecule has 326 valence electrons. The molecule has 2 aliphatic carbocycles. The van der Waals surface area contributed by atoms with Crippen molar-refractivity contribution in [1.29, 1.82) is 0 Å². The number of fused-ring (bicyclic) bond motifs is 1. The van der Waals surface area contributed by atoms with Gasteiger partial charge in [-0.25, -0.2) is 0 Å². The predicted molar refractivity (Wildman–Crippen MR) is 182 cm³/mol. The standard InChI is InChI=1S/C35H60O21/c1-11-22(38)26(42)29(45)33(51-11)50-10-21-25(41)28(44)31(47)35(56-21)54-19-8-14-15(52-32(19)12-4-17(48-2)23(39)18(5-12)49-3)6-13(37)7-16(14)53-34-30(46)27(43)24(40)20(9-36)55-34/h11-47H,4-10H2,1-3H3/p+1/t11-,12?,13?,14?,15?,16?,17?,18?,19?,20+,21+,22-,23?,24+,25+,26+,27-,28-,29+,30+,31+,32?,33+,34+,35+/m0/s1. The Balaban J connectivity index is 1.24. The van der Waals surface area contributed by atoms with Crippen LogP contribution in [0.5, 0.6) is 0 Å². The van der Waals surface area contributed by atoms with Gasteiger partial charge < -0.3 is 104 Å². The fourth-order valence-electron chi connectivity index (χ4n) is 9.16. The summed E-state index contributed by atoms with van der Waals surface area (Å²) in [6.07, 6.45) is -28.0. The van der Waals surface area contributed by atoms with E-state index in [0.717, 1.165) is 0 Å². The summed E-state index contributed by atoms with van der Waals surface area (Å²) in [5.41, 5.74) is 0. The van der Waals surface area contributed by atoms with Gasteiger partial charge in [-0.05, 0) is 26.2 Å². The van der Waals surface area contributed by atoms with Crippen LogP contribution in [0.3, 0.4) is 0 Å². The molecular weight excluding hydrogens is 756 g/mol. The molecule has 4 aliphatic heterocycles. The van der Waals surface area contributed by atoms with Crippen LogP contribution in [0.15, 0.2) is 0 Å². The molecule has 0 aromatic carbocycles. The van der Waals surface area contributed by atoms with Gasteiger partial charge in [0, 0.05) is 33.0 Å². The van der Waals surface area contributed by atoms with E-state index in [1.807, 2.05) is 0 Å². The largest absolute Gasteiger partial charge is 0.427 e. The predicted octanol–water partition coefficient (Wildman–Crippen LogP) is -6.55. The molecule has 21 nitrogen and oxygen atoms in total. The third kappa shape index (κ3) is 9.09. The first-order valence-corrected chi connectivity index (χ1v) is 19.3. The van der Waals surface area contributed by atoms with Crippen LogP contribution in [0.2, 0.25) is 0 Å². The van der Waals surface area contributed by atoms with Gasteiger partial charge in [-0.15, -0.1) is 0 Å². The summed E-state index contributed by atoms with van der Waals surface area (Å²) in [5, 5.41) is 127. The fourth-order valence-corrected chi connectivity index (χ4v) is 9.16. The lowest BCUT2D eigenvalue weighted by atomic mass is 9.72. The van der Waals surface area contributed by atoms with Crippen molar-refractivity contribution < 1.29 is 104 Å². The van der Waals surface area contributed by atoms with Crippen molar-refractivity contribution in [3.63, 3.8) is 0 Å². The topological polar surface area (TPSA) is 329 Å². The maximum Gasteiger partial charge on any atom is 0.187 e. The molecule has 0 bridgehead atoms. The second-order valence-corrected chi connectivity index (χ2v) is 16.1. The van der Waals surface area contributed by atoms with E-state index in [-0.39, 0.29) is 25.2 Å². The monoisotopic (exact) mass is 817 g/mol. The third-order valence-electron chi connectivity index (χ3n) is 12.5. The Bertz CT molecular complexity index is 1220. The first kappa shape index (κ1) is 44.7. The SMILES string of the molecule is COC1CC(C2[OH+]C3CC(O)CC(O[C@@H]4O[C@H](CO)[C@@H](O)[C@H](O)[C@H]4O)C3CC2O[C@@H]2O[C@H](CO[C@@H]3O[C@@H](C)[C@H](O)[C@@H](O)[C@H]3O)[C@@H](O)[C@H](O)[C@H]2O)CC(OC)C1O. The highest BCUT2D eigenvalue weighted by atomic mass is 16.7. The second kappa shape index (κ2) is 18.8. The van der Waals surface area contributed by atoms with Gasteiger partial charge in [0.2, 0.25) is 0 Å². The molecule has 21 heteroatoms. The van der Waals surface area contributed by atoms with Gasteiger partial charge in [0.15, 0.2) is 31.1 Å². The summed E-state index contributed by atoms with van der Waals surface area (Å²) in [7, 11) is 2.93. The van der Waals surface area contributed by atoms with E-state index in [1.54, 1.807) is 0 Å². The molecule has 56 heavy (non-hydrogen) atoms. The van der Waals surface area contributed by atoms with Gasteiger partial charge in [-0.1, -0.05) is 0 Å². The lowest BCUT2D eigenvalue weighted by Crippen LogP contribution is -2.65. The van der Waals surface area contributed by atoms with E-state index >= 15 is 0 Å². The number of ether oxygens (including phenoxy) is 9. The van der Waals surface area contributed by atoms with Crippen LogP contribution in [0, 0.1) is 11.8 Å². The quantitative estimate of drug-likeness (QED) is 0.0863. The Morgan fingerprint density at radius 1 is 0.536 bits per heavy atom. The highest BCUT2D eigenvalue weighted by molar-refractivity contribution is 5.01. The smallest absolute Gasteiger partial charge is 0.187 e. The molecule has 23 atom stereocenters. The Hall–Kier alpha value is -0.840. The molecule has 6 fully saturated rings. The van der Waals surface area contributed by atoms with E-state index in [9.17, 15) is 61.3 Å². The van der Waals surface area contributed by atoms with Crippen molar-refractivity contribution in [2.24, 2.45) is 11.8 Å². The second-order valence-electron chi connectivity index (χ2n) is 16.1. The molecule has 0 spiro atoms. The van der Waals surface area contributed by atoms with Crippen LogP contribution in [0.1, 0.15) is 39.0 Å². The van der Waals surface area contributed by atoms with Gasteiger partial charge >= 0.3 is 0 Å². The van der Waals surface area contributed by atoms with E-state index in [4.69, 9.17) is 42.6 Å². The molecule has 4 heterocycles. The van der Waals surface area contributed by atoms with Crippen LogP contribution in [0.4, 0.5) is 0 Å². The van der Waals surface area contributed by atoms with E-state index in [1.165, 1.54) is 21.1 Å². The summed E-state index contributed by atoms with van der Waals surface area (Å²) in [6.45, 7) is 0.280. The van der Waals surface area contributed by atoms with Gasteiger partial charge in [0.1, 0.15) is 79.4 Å². The number of aliphatic hydroxyl groups excluding tert-OH is 12. The Morgan fingerprint density at radius 2 is 1.07 bits per heavy atom. The van der Waals surface area contributed by atoms with Gasteiger partial charge in [0.25, 0.3) is 0 Å². The molecule has 8 unspecified atom stereocenters. The molecule has 6 rings (SSSR count). The van der Waals surface area contributed by atoms with Crippen molar-refractivity contribution in [2.75, 3.05) is 27.4 Å². The Morgan fingerprint density at radius 3 is 1.66 bits per heavy atom. The number of aliphatic hydroxyl groups is 14. The van der Waals surface area contributed by atoms with Crippen molar-refractivity contribution in [2.45, 2.75) is 180 Å². The van der Waals surface area contributed by atoms with E-state index in [2.05, 4.69) is 0 Å². The first-order chi connectivity index (χ1) is 26.6. The highest BCUT2D eigenvalue weighted by Gasteiger charge is 2.57. The summed E-state index contributed by atoms with van der Waals surface area (Å²) in [6, 6.07) is 0. The molecule has 0 aromatic rings. The summed E-state index contributed by atoms with van der Waals surface area (Å²) >= 11 is 0. The minimum atomic E-state index is -1.80. The Kier molecular flexibility index (Phi) is 15.0. The third-order valence-corrected chi connectivity index (χ3v) is 12.5. The molecule has 0 radical (unpaired) electrons. The fraction of sp³-hybridized carbons (Fsp3) is 1.00. The molecule has 0 aromatic heterocycles. The van der Waals surface area contributed by atoms with Gasteiger partial charge in [0.05, 0.1) is 49.7 Å². The molecule has 4 saturated heterocycles. The molecular formula is C35H61O21+. The summed E-state index contributed by atoms with van der Waals surface area (Å²) in [4.78, 5) is 0. The van der Waals surface area contributed by atoms with Gasteiger partial charge in [-0.3, -0.25) is 0 Å². The number of hydrogen-bond donors (Lipinski definition) is 12. The average molecular weight is 818 g/mol. The maximum absolute atomic E-state index is 11.2. The minimum Gasteiger partial charge on any atom is -0.427 e. The van der Waals surface area contributed by atoms with Crippen LogP contribution in [0.25, 0.3) is 0 Å². The van der Waals surface area contributed by atoms with E-state index < -0.39 is 160 Å². The van der Waals surface area contributed by atoms with Crippen LogP contribution < -0.4 is 0 Å². The zero-order chi connectivity index (χ0) is 40.7. The number of rotatable bonds is 11. The average Bonchev–Trinajstić information content (AvgIpc) is 3.18.